The summed E-state index contributed by atoms with van der Waals surface area (Å²) in [5.74, 6) is 2.06. The summed E-state index contributed by atoms with van der Waals surface area (Å²) in [6, 6.07) is 0. The number of likely N-dealkylation sites (tertiary alicyclic amines) is 1. The second-order valence-electron chi connectivity index (χ2n) is 5.82. The summed E-state index contributed by atoms with van der Waals surface area (Å²) >= 11 is 4.91. The standard InChI is InChI=1S/C14H26N2S/c15-14(17)7-3-4-9-16-10-8-12-5-1-2-6-13(12)11-16/h12-13H,1-11H2,(H2,15,17). The molecule has 2 N–H and O–H groups in total. The molecular formula is C14H26N2S. The molecule has 1 saturated heterocycles. The monoisotopic (exact) mass is 254 g/mol. The van der Waals surface area contributed by atoms with Crippen LogP contribution in [-0.2, 0) is 0 Å². The van der Waals surface area contributed by atoms with Crippen LogP contribution in [0.15, 0.2) is 0 Å². The van der Waals surface area contributed by atoms with Gasteiger partial charge in [0.1, 0.15) is 0 Å². The third-order valence-corrected chi connectivity index (χ3v) is 4.73. The van der Waals surface area contributed by atoms with Crippen LogP contribution in [-0.4, -0.2) is 29.5 Å². The van der Waals surface area contributed by atoms with Crippen molar-refractivity contribution in [2.24, 2.45) is 17.6 Å². The predicted molar refractivity (Wildman–Crippen MR) is 77.1 cm³/mol. The van der Waals surface area contributed by atoms with Crippen LogP contribution < -0.4 is 5.73 Å². The molecule has 0 aromatic carbocycles. The van der Waals surface area contributed by atoms with Crippen molar-refractivity contribution in [3.63, 3.8) is 0 Å². The average molecular weight is 254 g/mol. The quantitative estimate of drug-likeness (QED) is 0.604. The Morgan fingerprint density at radius 3 is 2.65 bits per heavy atom. The number of hydrogen-bond donors (Lipinski definition) is 1. The molecule has 1 heterocycles. The molecule has 2 atom stereocenters. The van der Waals surface area contributed by atoms with Gasteiger partial charge in [0, 0.05) is 6.54 Å². The zero-order valence-corrected chi connectivity index (χ0v) is 11.7. The van der Waals surface area contributed by atoms with Crippen molar-refractivity contribution in [3.05, 3.63) is 0 Å². The van der Waals surface area contributed by atoms with Crippen molar-refractivity contribution in [1.29, 1.82) is 0 Å². The van der Waals surface area contributed by atoms with E-state index in [1.807, 2.05) is 0 Å². The van der Waals surface area contributed by atoms with Crippen molar-refractivity contribution >= 4 is 17.2 Å². The van der Waals surface area contributed by atoms with Crippen LogP contribution in [0.1, 0.15) is 51.4 Å². The van der Waals surface area contributed by atoms with Crippen LogP contribution in [0.4, 0.5) is 0 Å². The first kappa shape index (κ1) is 13.3. The molecule has 3 heteroatoms. The number of fused-ring (bicyclic) bond motifs is 1. The molecule has 2 nitrogen and oxygen atoms in total. The summed E-state index contributed by atoms with van der Waals surface area (Å²) < 4.78 is 0. The summed E-state index contributed by atoms with van der Waals surface area (Å²) in [4.78, 5) is 3.35. The molecule has 17 heavy (non-hydrogen) atoms. The van der Waals surface area contributed by atoms with Gasteiger partial charge >= 0.3 is 0 Å². The van der Waals surface area contributed by atoms with E-state index in [0.29, 0.717) is 4.99 Å². The molecule has 1 aliphatic heterocycles. The minimum absolute atomic E-state index is 0.677. The van der Waals surface area contributed by atoms with Gasteiger partial charge in [-0.3, -0.25) is 0 Å². The van der Waals surface area contributed by atoms with Crippen LogP contribution in [0.2, 0.25) is 0 Å². The zero-order chi connectivity index (χ0) is 12.1. The van der Waals surface area contributed by atoms with Crippen molar-refractivity contribution in [2.75, 3.05) is 19.6 Å². The van der Waals surface area contributed by atoms with E-state index in [0.717, 1.165) is 18.3 Å². The third kappa shape index (κ3) is 4.22. The van der Waals surface area contributed by atoms with Gasteiger partial charge in [-0.1, -0.05) is 31.5 Å². The van der Waals surface area contributed by atoms with Crippen molar-refractivity contribution in [1.82, 2.24) is 4.90 Å². The van der Waals surface area contributed by atoms with E-state index in [1.165, 1.54) is 64.6 Å². The summed E-state index contributed by atoms with van der Waals surface area (Å²) in [5.41, 5.74) is 5.52. The number of nitrogens with zero attached hydrogens (tertiary/aromatic N) is 1. The van der Waals surface area contributed by atoms with Gasteiger partial charge in [-0.05, 0) is 57.0 Å². The fraction of sp³-hybridized carbons (Fsp3) is 0.929. The van der Waals surface area contributed by atoms with Gasteiger partial charge in [-0.25, -0.2) is 0 Å². The number of thiocarbonyl (C=S) groups is 1. The van der Waals surface area contributed by atoms with Crippen molar-refractivity contribution in [2.45, 2.75) is 51.4 Å². The molecule has 0 spiro atoms. The summed E-state index contributed by atoms with van der Waals surface area (Å²) in [7, 11) is 0. The van der Waals surface area contributed by atoms with Gasteiger partial charge < -0.3 is 10.6 Å². The Bertz CT molecular complexity index is 255. The van der Waals surface area contributed by atoms with E-state index in [-0.39, 0.29) is 0 Å². The van der Waals surface area contributed by atoms with Gasteiger partial charge in [0.2, 0.25) is 0 Å². The Balaban J connectivity index is 1.64. The Morgan fingerprint density at radius 2 is 1.88 bits per heavy atom. The van der Waals surface area contributed by atoms with Gasteiger partial charge in [-0.2, -0.15) is 0 Å². The maximum atomic E-state index is 5.52. The van der Waals surface area contributed by atoms with Gasteiger partial charge in [-0.15, -0.1) is 0 Å². The van der Waals surface area contributed by atoms with E-state index in [9.17, 15) is 0 Å². The van der Waals surface area contributed by atoms with Crippen molar-refractivity contribution in [3.8, 4) is 0 Å². The van der Waals surface area contributed by atoms with Crippen LogP contribution in [0, 0.1) is 11.8 Å². The van der Waals surface area contributed by atoms with Gasteiger partial charge in [0.25, 0.3) is 0 Å². The molecule has 0 amide bonds. The van der Waals surface area contributed by atoms with Crippen LogP contribution in [0.25, 0.3) is 0 Å². The van der Waals surface area contributed by atoms with E-state index in [2.05, 4.69) is 4.90 Å². The number of nitrogens with two attached hydrogens (primary N) is 1. The smallest absolute Gasteiger partial charge is 0.0727 e. The molecule has 2 fully saturated rings. The normalized spacial score (nSPS) is 29.9. The molecule has 2 rings (SSSR count). The Hall–Kier alpha value is -0.150. The predicted octanol–water partition coefficient (Wildman–Crippen LogP) is 2.95. The first-order chi connectivity index (χ1) is 8.25. The SMILES string of the molecule is NC(=S)CCCCN1CCC2CCCCC2C1. The summed E-state index contributed by atoms with van der Waals surface area (Å²) in [6.07, 6.45) is 10.7. The van der Waals surface area contributed by atoms with Gasteiger partial charge in [0.15, 0.2) is 0 Å². The van der Waals surface area contributed by atoms with Crippen LogP contribution >= 0.6 is 12.2 Å². The fourth-order valence-corrected chi connectivity index (χ4v) is 3.66. The topological polar surface area (TPSA) is 29.3 Å². The highest BCUT2D eigenvalue weighted by molar-refractivity contribution is 7.80. The molecule has 2 unspecified atom stereocenters. The number of hydrogen-bond acceptors (Lipinski definition) is 2. The minimum Gasteiger partial charge on any atom is -0.393 e. The first-order valence-corrected chi connectivity index (χ1v) is 7.67. The highest BCUT2D eigenvalue weighted by Crippen LogP contribution is 2.35. The van der Waals surface area contributed by atoms with E-state index in [1.54, 1.807) is 0 Å². The van der Waals surface area contributed by atoms with E-state index < -0.39 is 0 Å². The molecule has 1 saturated carbocycles. The lowest BCUT2D eigenvalue weighted by Gasteiger charge is -2.41. The number of rotatable bonds is 5. The molecule has 1 aliphatic carbocycles. The van der Waals surface area contributed by atoms with E-state index >= 15 is 0 Å². The third-order valence-electron chi connectivity index (χ3n) is 4.52. The average Bonchev–Trinajstić information content (AvgIpc) is 2.34. The maximum Gasteiger partial charge on any atom is 0.0727 e. The molecular weight excluding hydrogens is 228 g/mol. The minimum atomic E-state index is 0.677. The Morgan fingerprint density at radius 1 is 1.12 bits per heavy atom. The maximum absolute atomic E-state index is 5.52. The molecule has 98 valence electrons. The van der Waals surface area contributed by atoms with Gasteiger partial charge in [0.05, 0.1) is 4.99 Å². The van der Waals surface area contributed by atoms with Crippen molar-refractivity contribution < 1.29 is 0 Å². The lowest BCUT2D eigenvalue weighted by molar-refractivity contribution is 0.0859. The Kier molecular flexibility index (Phi) is 5.23. The molecule has 2 aliphatic rings. The number of piperidine rings is 1. The highest BCUT2D eigenvalue weighted by Gasteiger charge is 2.30. The lowest BCUT2D eigenvalue weighted by atomic mass is 9.75. The van der Waals surface area contributed by atoms with Crippen LogP contribution in [0.3, 0.4) is 0 Å². The fourth-order valence-electron chi connectivity index (χ4n) is 3.51. The van der Waals surface area contributed by atoms with Crippen LogP contribution in [0.5, 0.6) is 0 Å². The summed E-state index contributed by atoms with van der Waals surface area (Å²) in [5, 5.41) is 0. The Labute approximate surface area is 111 Å². The molecule has 0 bridgehead atoms. The summed E-state index contributed by atoms with van der Waals surface area (Å²) in [6.45, 7) is 3.94. The zero-order valence-electron chi connectivity index (χ0n) is 10.9. The second kappa shape index (κ2) is 6.69. The lowest BCUT2D eigenvalue weighted by Crippen LogP contribution is -2.42. The molecule has 0 radical (unpaired) electrons. The second-order valence-corrected chi connectivity index (χ2v) is 6.34. The molecule has 0 aromatic heterocycles. The largest absolute Gasteiger partial charge is 0.393 e. The van der Waals surface area contributed by atoms with E-state index in [4.69, 9.17) is 18.0 Å². The molecule has 0 aromatic rings. The number of unbranched alkanes of at least 4 members (excludes halogenated alkanes) is 1. The first-order valence-electron chi connectivity index (χ1n) is 7.26. The highest BCUT2D eigenvalue weighted by atomic mass is 32.1.